The van der Waals surface area contributed by atoms with Crippen LogP contribution in [-0.4, -0.2) is 26.1 Å². The quantitative estimate of drug-likeness (QED) is 0.396. The van der Waals surface area contributed by atoms with Crippen LogP contribution in [0.4, 0.5) is 10.1 Å². The molecule has 2 N–H and O–H groups in total. The Balaban J connectivity index is 1.48. The lowest BCUT2D eigenvalue weighted by molar-refractivity contribution is 0.472. The highest BCUT2D eigenvalue weighted by molar-refractivity contribution is 7.89. The van der Waals surface area contributed by atoms with Gasteiger partial charge in [0.1, 0.15) is 11.6 Å². The predicted octanol–water partition coefficient (Wildman–Crippen LogP) is 5.11. The molecule has 0 saturated heterocycles. The van der Waals surface area contributed by atoms with Gasteiger partial charge in [-0.05, 0) is 71.1 Å². The van der Waals surface area contributed by atoms with Gasteiger partial charge in [-0.1, -0.05) is 54.6 Å². The van der Waals surface area contributed by atoms with Gasteiger partial charge < -0.3 is 10.0 Å². The van der Waals surface area contributed by atoms with Crippen LogP contribution < -0.4 is 9.62 Å². The highest BCUT2D eigenvalue weighted by atomic mass is 32.2. The number of rotatable bonds is 6. The minimum Gasteiger partial charge on any atom is -0.508 e. The summed E-state index contributed by atoms with van der Waals surface area (Å²) in [5.41, 5.74) is 5.02. The summed E-state index contributed by atoms with van der Waals surface area (Å²) >= 11 is 0. The number of hydrogen-bond acceptors (Lipinski definition) is 4. The number of phenols is 1. The molecule has 5 rings (SSSR count). The fourth-order valence-corrected chi connectivity index (χ4v) is 5.81. The van der Waals surface area contributed by atoms with Gasteiger partial charge in [-0.15, -0.1) is 0 Å². The van der Waals surface area contributed by atoms with Gasteiger partial charge in [0.25, 0.3) is 0 Å². The van der Waals surface area contributed by atoms with Crippen molar-refractivity contribution in [2.75, 3.05) is 11.4 Å². The molecule has 0 saturated carbocycles. The van der Waals surface area contributed by atoms with Crippen molar-refractivity contribution in [2.45, 2.75) is 23.9 Å². The van der Waals surface area contributed by atoms with Gasteiger partial charge in [0.15, 0.2) is 0 Å². The number of anilines is 1. The molecule has 0 spiro atoms. The van der Waals surface area contributed by atoms with Crippen molar-refractivity contribution in [3.8, 4) is 16.9 Å². The first-order chi connectivity index (χ1) is 16.9. The van der Waals surface area contributed by atoms with Crippen LogP contribution in [0, 0.1) is 5.82 Å². The van der Waals surface area contributed by atoms with Gasteiger partial charge in [0, 0.05) is 24.8 Å². The average Bonchev–Trinajstić information content (AvgIpc) is 2.84. The fourth-order valence-electron chi connectivity index (χ4n) is 4.54. The zero-order chi connectivity index (χ0) is 24.4. The van der Waals surface area contributed by atoms with Gasteiger partial charge in [-0.2, -0.15) is 0 Å². The summed E-state index contributed by atoms with van der Waals surface area (Å²) in [5, 5.41) is 9.75. The summed E-state index contributed by atoms with van der Waals surface area (Å²) in [5.74, 6) is -0.390. The first-order valence-electron chi connectivity index (χ1n) is 11.4. The minimum absolute atomic E-state index is 0.0259. The summed E-state index contributed by atoms with van der Waals surface area (Å²) < 4.78 is 42.4. The molecule has 1 atom stereocenters. The number of benzene rings is 4. The fraction of sp³-hybridized carbons (Fsp3) is 0.143. The second-order valence-electron chi connectivity index (χ2n) is 8.74. The molecule has 7 heteroatoms. The van der Waals surface area contributed by atoms with Crippen LogP contribution in [0.2, 0.25) is 0 Å². The number of nitrogens with one attached hydrogen (secondary N) is 1. The van der Waals surface area contributed by atoms with E-state index in [1.807, 2.05) is 36.4 Å². The third-order valence-corrected chi connectivity index (χ3v) is 7.69. The van der Waals surface area contributed by atoms with E-state index in [-0.39, 0.29) is 22.5 Å². The Labute approximate surface area is 204 Å². The van der Waals surface area contributed by atoms with Crippen molar-refractivity contribution in [3.05, 3.63) is 114 Å². The number of halogens is 1. The summed E-state index contributed by atoms with van der Waals surface area (Å²) in [6.07, 6.45) is 0.508. The van der Waals surface area contributed by atoms with Crippen LogP contribution in [0.3, 0.4) is 0 Å². The lowest BCUT2D eigenvalue weighted by atomic mass is 9.94. The maximum absolute atomic E-state index is 13.4. The van der Waals surface area contributed by atoms with Crippen LogP contribution in [0.5, 0.6) is 5.75 Å². The van der Waals surface area contributed by atoms with Crippen molar-refractivity contribution in [1.82, 2.24) is 4.72 Å². The van der Waals surface area contributed by atoms with Crippen molar-refractivity contribution < 1.29 is 17.9 Å². The van der Waals surface area contributed by atoms with E-state index in [0.717, 1.165) is 27.9 Å². The SMILES string of the molecule is O=S(=O)(NC1Cc2cc(-c3ccc(F)cc3)ccc2N(Cc2ccccc2)C1)c1cccc(O)c1. The second-order valence-corrected chi connectivity index (χ2v) is 10.5. The average molecular weight is 489 g/mol. The van der Waals surface area contributed by atoms with Crippen molar-refractivity contribution in [2.24, 2.45) is 0 Å². The molecule has 0 bridgehead atoms. The number of nitrogens with zero attached hydrogens (tertiary/aromatic N) is 1. The van der Waals surface area contributed by atoms with Crippen molar-refractivity contribution in [3.63, 3.8) is 0 Å². The number of sulfonamides is 1. The number of hydrogen-bond donors (Lipinski definition) is 2. The highest BCUT2D eigenvalue weighted by Gasteiger charge is 2.29. The molecule has 1 heterocycles. The van der Waals surface area contributed by atoms with Gasteiger partial charge in [0.2, 0.25) is 10.0 Å². The maximum Gasteiger partial charge on any atom is 0.241 e. The molecule has 35 heavy (non-hydrogen) atoms. The lowest BCUT2D eigenvalue weighted by Gasteiger charge is -2.37. The molecule has 1 aliphatic heterocycles. The van der Waals surface area contributed by atoms with E-state index in [9.17, 15) is 17.9 Å². The van der Waals surface area contributed by atoms with E-state index in [1.54, 1.807) is 12.1 Å². The monoisotopic (exact) mass is 488 g/mol. The normalized spacial score (nSPS) is 15.6. The summed E-state index contributed by atoms with van der Waals surface area (Å²) in [6.45, 7) is 1.13. The molecule has 0 amide bonds. The molecule has 4 aromatic carbocycles. The highest BCUT2D eigenvalue weighted by Crippen LogP contribution is 2.33. The van der Waals surface area contributed by atoms with Crippen LogP contribution in [0.25, 0.3) is 11.1 Å². The summed E-state index contributed by atoms with van der Waals surface area (Å²) in [7, 11) is -3.83. The van der Waals surface area contributed by atoms with Gasteiger partial charge in [-0.25, -0.2) is 17.5 Å². The molecule has 0 radical (unpaired) electrons. The third-order valence-electron chi connectivity index (χ3n) is 6.17. The topological polar surface area (TPSA) is 69.6 Å². The molecule has 1 aliphatic rings. The lowest BCUT2D eigenvalue weighted by Crippen LogP contribution is -2.48. The summed E-state index contributed by atoms with van der Waals surface area (Å²) in [4.78, 5) is 2.20. The van der Waals surface area contributed by atoms with Crippen LogP contribution >= 0.6 is 0 Å². The Morgan fingerprint density at radius 2 is 1.63 bits per heavy atom. The Morgan fingerprint density at radius 3 is 2.37 bits per heavy atom. The van der Waals surface area contributed by atoms with E-state index in [4.69, 9.17) is 0 Å². The molecule has 0 fully saturated rings. The molecule has 5 nitrogen and oxygen atoms in total. The molecule has 4 aromatic rings. The standard InChI is InChI=1S/C28H25FN2O3S/c29-24-12-9-21(10-13-24)22-11-14-28-23(15-22)16-25(19-31(28)18-20-5-2-1-3-6-20)30-35(33,34)27-8-4-7-26(32)17-27/h1-15,17,25,30,32H,16,18-19H2. The van der Waals surface area contributed by atoms with Crippen LogP contribution in [0.1, 0.15) is 11.1 Å². The molecule has 0 aliphatic carbocycles. The molecule has 1 unspecified atom stereocenters. The van der Waals surface area contributed by atoms with Gasteiger partial charge in [-0.3, -0.25) is 0 Å². The first-order valence-corrected chi connectivity index (χ1v) is 12.8. The first kappa shape index (κ1) is 23.1. The number of aromatic hydroxyl groups is 1. The van der Waals surface area contributed by atoms with Crippen molar-refractivity contribution >= 4 is 15.7 Å². The molecular formula is C28H25FN2O3S. The Hall–Kier alpha value is -3.68. The van der Waals surface area contributed by atoms with Crippen molar-refractivity contribution in [1.29, 1.82) is 0 Å². The van der Waals surface area contributed by atoms with Gasteiger partial charge >= 0.3 is 0 Å². The minimum atomic E-state index is -3.83. The third kappa shape index (κ3) is 5.21. The summed E-state index contributed by atoms with van der Waals surface area (Å²) in [6, 6.07) is 27.8. The zero-order valence-corrected chi connectivity index (χ0v) is 19.7. The van der Waals surface area contributed by atoms with Gasteiger partial charge in [0.05, 0.1) is 4.90 Å². The zero-order valence-electron chi connectivity index (χ0n) is 18.9. The Bertz CT molecular complexity index is 1440. The molecular weight excluding hydrogens is 463 g/mol. The Morgan fingerprint density at radius 1 is 0.886 bits per heavy atom. The second kappa shape index (κ2) is 9.52. The van der Waals surface area contributed by atoms with E-state index in [0.29, 0.717) is 19.5 Å². The Kier molecular flexibility index (Phi) is 6.28. The molecule has 178 valence electrons. The van der Waals surface area contributed by atoms with Crippen LogP contribution in [-0.2, 0) is 23.0 Å². The van der Waals surface area contributed by atoms with E-state index in [2.05, 4.69) is 21.8 Å². The smallest absolute Gasteiger partial charge is 0.241 e. The maximum atomic E-state index is 13.4. The largest absolute Gasteiger partial charge is 0.508 e. The number of fused-ring (bicyclic) bond motifs is 1. The van der Waals surface area contributed by atoms with E-state index >= 15 is 0 Å². The van der Waals surface area contributed by atoms with Crippen LogP contribution in [0.15, 0.2) is 102 Å². The number of phenolic OH excluding ortho intramolecular Hbond substituents is 1. The molecule has 0 aromatic heterocycles. The van der Waals surface area contributed by atoms with E-state index < -0.39 is 10.0 Å². The predicted molar refractivity (Wildman–Crippen MR) is 135 cm³/mol. The van der Waals surface area contributed by atoms with E-state index in [1.165, 1.54) is 36.4 Å².